The van der Waals surface area contributed by atoms with Crippen LogP contribution in [-0.4, -0.2) is 11.3 Å². The third kappa shape index (κ3) is 1.22. The Labute approximate surface area is 69.4 Å². The number of hydrogen-bond acceptors (Lipinski definition) is 2. The monoisotopic (exact) mass is 165 g/mol. The minimum absolute atomic E-state index is 0.0700. The van der Waals surface area contributed by atoms with Crippen molar-refractivity contribution < 1.29 is 9.18 Å². The van der Waals surface area contributed by atoms with Gasteiger partial charge in [-0.25, -0.2) is 9.37 Å². The zero-order chi connectivity index (χ0) is 8.55. The van der Waals surface area contributed by atoms with Crippen LogP contribution in [0.3, 0.4) is 0 Å². The highest BCUT2D eigenvalue weighted by molar-refractivity contribution is 5.72. The summed E-state index contributed by atoms with van der Waals surface area (Å²) in [5.41, 5.74) is 0.776. The Kier molecular flexibility index (Phi) is 1.64. The molecule has 2 nitrogen and oxygen atoms in total. The highest BCUT2D eigenvalue weighted by Gasteiger charge is 2.25. The molecule has 1 fully saturated rings. The SMILES string of the molecule is O=Cc1nc(C2CC2)ccc1F. The Morgan fingerprint density at radius 1 is 1.50 bits per heavy atom. The van der Waals surface area contributed by atoms with Crippen LogP contribution in [0.4, 0.5) is 4.39 Å². The summed E-state index contributed by atoms with van der Waals surface area (Å²) in [4.78, 5) is 14.2. The van der Waals surface area contributed by atoms with E-state index in [0.29, 0.717) is 12.2 Å². The lowest BCUT2D eigenvalue weighted by molar-refractivity contribution is 0.111. The van der Waals surface area contributed by atoms with Crippen molar-refractivity contribution >= 4 is 6.29 Å². The van der Waals surface area contributed by atoms with E-state index in [1.807, 2.05) is 0 Å². The normalized spacial score (nSPS) is 16.1. The van der Waals surface area contributed by atoms with Gasteiger partial charge in [0.05, 0.1) is 0 Å². The maximum absolute atomic E-state index is 12.8. The first kappa shape index (κ1) is 7.40. The third-order valence-corrected chi connectivity index (χ3v) is 2.00. The Hall–Kier alpha value is -1.25. The molecule has 0 aliphatic heterocycles. The lowest BCUT2D eigenvalue weighted by atomic mass is 10.2. The van der Waals surface area contributed by atoms with Crippen molar-refractivity contribution in [3.05, 3.63) is 29.3 Å². The lowest BCUT2D eigenvalue weighted by Crippen LogP contribution is -1.96. The fraction of sp³-hybridized carbons (Fsp3) is 0.333. The second-order valence-corrected chi connectivity index (χ2v) is 3.00. The Bertz CT molecular complexity index is 320. The van der Waals surface area contributed by atoms with E-state index in [1.54, 1.807) is 6.07 Å². The van der Waals surface area contributed by atoms with Gasteiger partial charge in [-0.3, -0.25) is 4.79 Å². The van der Waals surface area contributed by atoms with Gasteiger partial charge in [-0.15, -0.1) is 0 Å². The number of aldehydes is 1. The molecule has 0 atom stereocenters. The molecule has 1 heterocycles. The first-order valence-electron chi connectivity index (χ1n) is 3.93. The number of rotatable bonds is 2. The van der Waals surface area contributed by atoms with E-state index in [9.17, 15) is 9.18 Å². The number of nitrogens with zero attached hydrogens (tertiary/aromatic N) is 1. The van der Waals surface area contributed by atoms with E-state index in [0.717, 1.165) is 18.5 Å². The number of halogens is 1. The van der Waals surface area contributed by atoms with Gasteiger partial charge in [0.15, 0.2) is 12.1 Å². The summed E-state index contributed by atoms with van der Waals surface area (Å²) in [6.45, 7) is 0. The van der Waals surface area contributed by atoms with Gasteiger partial charge in [-0.05, 0) is 25.0 Å². The van der Waals surface area contributed by atoms with Crippen LogP contribution in [0.5, 0.6) is 0 Å². The summed E-state index contributed by atoms with van der Waals surface area (Å²) in [6, 6.07) is 2.96. The van der Waals surface area contributed by atoms with E-state index in [2.05, 4.69) is 4.98 Å². The van der Waals surface area contributed by atoms with Gasteiger partial charge in [0.2, 0.25) is 0 Å². The van der Waals surface area contributed by atoms with Gasteiger partial charge in [-0.1, -0.05) is 0 Å². The van der Waals surface area contributed by atoms with Crippen molar-refractivity contribution in [2.24, 2.45) is 0 Å². The average Bonchev–Trinajstić information content (AvgIpc) is 2.88. The molecule has 1 aliphatic carbocycles. The van der Waals surface area contributed by atoms with Crippen LogP contribution in [-0.2, 0) is 0 Å². The fourth-order valence-corrected chi connectivity index (χ4v) is 1.16. The van der Waals surface area contributed by atoms with E-state index < -0.39 is 5.82 Å². The van der Waals surface area contributed by atoms with E-state index in [4.69, 9.17) is 0 Å². The molecular formula is C9H8FNO. The van der Waals surface area contributed by atoms with E-state index in [-0.39, 0.29) is 5.69 Å². The molecule has 1 aliphatic rings. The van der Waals surface area contributed by atoms with Crippen LogP contribution in [0, 0.1) is 5.82 Å². The van der Waals surface area contributed by atoms with Crippen molar-refractivity contribution in [3.63, 3.8) is 0 Å². The lowest BCUT2D eigenvalue weighted by Gasteiger charge is -1.98. The first-order valence-corrected chi connectivity index (χ1v) is 3.93. The highest BCUT2D eigenvalue weighted by Crippen LogP contribution is 2.38. The first-order chi connectivity index (χ1) is 5.81. The number of hydrogen-bond donors (Lipinski definition) is 0. The van der Waals surface area contributed by atoms with Crippen LogP contribution < -0.4 is 0 Å². The molecule has 0 amide bonds. The zero-order valence-corrected chi connectivity index (χ0v) is 6.46. The van der Waals surface area contributed by atoms with Crippen molar-refractivity contribution in [3.8, 4) is 0 Å². The van der Waals surface area contributed by atoms with Crippen molar-refractivity contribution in [2.45, 2.75) is 18.8 Å². The van der Waals surface area contributed by atoms with Crippen molar-refractivity contribution in [1.29, 1.82) is 0 Å². The molecule has 0 N–H and O–H groups in total. The summed E-state index contributed by atoms with van der Waals surface area (Å²) in [5.74, 6) is -0.0706. The smallest absolute Gasteiger partial charge is 0.171 e. The standard InChI is InChI=1S/C9H8FNO/c10-7-3-4-8(6-1-2-6)11-9(7)5-12/h3-6H,1-2H2. The van der Waals surface area contributed by atoms with Gasteiger partial charge in [0.1, 0.15) is 5.69 Å². The number of pyridine rings is 1. The summed E-state index contributed by atoms with van der Waals surface area (Å²) >= 11 is 0. The summed E-state index contributed by atoms with van der Waals surface area (Å²) in [5, 5.41) is 0. The predicted molar refractivity (Wildman–Crippen MR) is 41.6 cm³/mol. The Morgan fingerprint density at radius 3 is 2.83 bits per heavy atom. The largest absolute Gasteiger partial charge is 0.296 e. The number of carbonyl (C=O) groups is 1. The van der Waals surface area contributed by atoms with Crippen molar-refractivity contribution in [2.75, 3.05) is 0 Å². The second-order valence-electron chi connectivity index (χ2n) is 3.00. The molecule has 12 heavy (non-hydrogen) atoms. The third-order valence-electron chi connectivity index (χ3n) is 2.00. The molecule has 0 unspecified atom stereocenters. The summed E-state index contributed by atoms with van der Waals surface area (Å²) in [7, 11) is 0. The molecule has 0 radical (unpaired) electrons. The van der Waals surface area contributed by atoms with E-state index in [1.165, 1.54) is 6.07 Å². The Morgan fingerprint density at radius 2 is 2.25 bits per heavy atom. The minimum atomic E-state index is -0.533. The average molecular weight is 165 g/mol. The summed E-state index contributed by atoms with van der Waals surface area (Å²) in [6.07, 6.45) is 2.68. The molecule has 0 spiro atoms. The number of aromatic nitrogens is 1. The highest BCUT2D eigenvalue weighted by atomic mass is 19.1. The fourth-order valence-electron chi connectivity index (χ4n) is 1.16. The molecule has 1 aromatic heterocycles. The minimum Gasteiger partial charge on any atom is -0.296 e. The van der Waals surface area contributed by atoms with Gasteiger partial charge < -0.3 is 0 Å². The quantitative estimate of drug-likeness (QED) is 0.626. The molecule has 0 aromatic carbocycles. The predicted octanol–water partition coefficient (Wildman–Crippen LogP) is 1.91. The molecule has 3 heteroatoms. The zero-order valence-electron chi connectivity index (χ0n) is 6.46. The van der Waals surface area contributed by atoms with Crippen molar-refractivity contribution in [1.82, 2.24) is 4.98 Å². The van der Waals surface area contributed by atoms with Crippen LogP contribution in [0.15, 0.2) is 12.1 Å². The van der Waals surface area contributed by atoms with E-state index >= 15 is 0 Å². The van der Waals surface area contributed by atoms with Gasteiger partial charge in [0.25, 0.3) is 0 Å². The maximum atomic E-state index is 12.8. The molecule has 0 saturated heterocycles. The summed E-state index contributed by atoms with van der Waals surface area (Å²) < 4.78 is 12.8. The molecule has 0 bridgehead atoms. The van der Waals surface area contributed by atoms with Crippen LogP contribution in [0.25, 0.3) is 0 Å². The molecule has 1 saturated carbocycles. The van der Waals surface area contributed by atoms with Crippen LogP contribution >= 0.6 is 0 Å². The Balaban J connectivity index is 2.39. The maximum Gasteiger partial charge on any atom is 0.171 e. The van der Waals surface area contributed by atoms with Gasteiger partial charge in [0, 0.05) is 11.6 Å². The second kappa shape index (κ2) is 2.66. The van der Waals surface area contributed by atoms with Gasteiger partial charge in [-0.2, -0.15) is 0 Å². The molecule has 62 valence electrons. The topological polar surface area (TPSA) is 30.0 Å². The molecule has 1 aromatic rings. The van der Waals surface area contributed by atoms with Crippen LogP contribution in [0.1, 0.15) is 34.9 Å². The number of carbonyl (C=O) groups excluding carboxylic acids is 1. The molecule has 2 rings (SSSR count). The molecular weight excluding hydrogens is 157 g/mol. The van der Waals surface area contributed by atoms with Gasteiger partial charge >= 0.3 is 0 Å². The van der Waals surface area contributed by atoms with Crippen LogP contribution in [0.2, 0.25) is 0 Å².